The molecular formula is C32H40O9. The maximum atomic E-state index is 14.5. The van der Waals surface area contributed by atoms with E-state index in [1.807, 2.05) is 26.8 Å². The number of ketones is 1. The molecule has 41 heavy (non-hydrogen) atoms. The number of esters is 3. The van der Waals surface area contributed by atoms with Crippen molar-refractivity contribution in [2.24, 2.45) is 39.9 Å². The molecule has 0 spiro atoms. The fourth-order valence-electron chi connectivity index (χ4n) is 8.68. The molecule has 222 valence electrons. The topological polar surface area (TPSA) is 129 Å². The second kappa shape index (κ2) is 9.96. The van der Waals surface area contributed by atoms with Crippen LogP contribution in [0, 0.1) is 39.9 Å². The number of fused-ring (bicyclic) bond motifs is 6. The van der Waals surface area contributed by atoms with Gasteiger partial charge in [-0.15, -0.1) is 0 Å². The maximum Gasteiger partial charge on any atom is 0.335 e. The van der Waals surface area contributed by atoms with Crippen LogP contribution < -0.4 is 0 Å². The predicted octanol–water partition coefficient (Wildman–Crippen LogP) is 4.50. The van der Waals surface area contributed by atoms with Gasteiger partial charge in [-0.3, -0.25) is 9.59 Å². The molecule has 2 saturated carbocycles. The van der Waals surface area contributed by atoms with Crippen molar-refractivity contribution in [2.45, 2.75) is 79.1 Å². The Morgan fingerprint density at radius 2 is 1.88 bits per heavy atom. The summed E-state index contributed by atoms with van der Waals surface area (Å²) in [5.74, 6) is -4.27. The Balaban J connectivity index is 1.69. The average Bonchev–Trinajstić information content (AvgIpc) is 3.46. The monoisotopic (exact) mass is 568 g/mol. The number of carbonyl (C=O) groups is 4. The average molecular weight is 569 g/mol. The van der Waals surface area contributed by atoms with Crippen LogP contribution in [0.2, 0.25) is 0 Å². The van der Waals surface area contributed by atoms with Crippen molar-refractivity contribution in [3.63, 3.8) is 0 Å². The van der Waals surface area contributed by atoms with Crippen molar-refractivity contribution in [2.75, 3.05) is 7.11 Å². The molecule has 1 aromatic heterocycles. The number of methoxy groups -OCH3 is 1. The maximum absolute atomic E-state index is 14.5. The molecule has 1 aliphatic heterocycles. The summed E-state index contributed by atoms with van der Waals surface area (Å²) in [6.45, 7) is 11.0. The van der Waals surface area contributed by atoms with Gasteiger partial charge in [0.2, 0.25) is 0 Å². The van der Waals surface area contributed by atoms with Crippen LogP contribution in [0.4, 0.5) is 0 Å². The molecule has 3 fully saturated rings. The number of furan rings is 1. The molecule has 2 bridgehead atoms. The highest BCUT2D eigenvalue weighted by Crippen LogP contribution is 2.68. The molecule has 0 radical (unpaired) electrons. The molecule has 0 amide bonds. The van der Waals surface area contributed by atoms with E-state index in [4.69, 9.17) is 18.6 Å². The van der Waals surface area contributed by atoms with Crippen LogP contribution in [-0.2, 0) is 33.4 Å². The van der Waals surface area contributed by atoms with Gasteiger partial charge in [-0.2, -0.15) is 0 Å². The molecule has 9 unspecified atom stereocenters. The highest BCUT2D eigenvalue weighted by atomic mass is 16.6. The van der Waals surface area contributed by atoms with Crippen LogP contribution in [0.3, 0.4) is 0 Å². The van der Waals surface area contributed by atoms with E-state index in [9.17, 15) is 24.3 Å². The molecular weight excluding hydrogens is 528 g/mol. The summed E-state index contributed by atoms with van der Waals surface area (Å²) in [4.78, 5) is 53.4. The molecule has 2 heterocycles. The first-order valence-electron chi connectivity index (χ1n) is 14.3. The van der Waals surface area contributed by atoms with Crippen molar-refractivity contribution >= 4 is 23.7 Å². The van der Waals surface area contributed by atoms with E-state index in [1.54, 1.807) is 38.5 Å². The number of cyclic esters (lactones) is 1. The molecule has 9 atom stereocenters. The minimum atomic E-state index is -1.63. The zero-order valence-electron chi connectivity index (χ0n) is 24.8. The third-order valence-electron chi connectivity index (χ3n) is 10.8. The van der Waals surface area contributed by atoms with Crippen LogP contribution in [0.15, 0.2) is 46.3 Å². The normalized spacial score (nSPS) is 38.5. The zero-order valence-corrected chi connectivity index (χ0v) is 24.8. The Labute approximate surface area is 240 Å². The smallest absolute Gasteiger partial charge is 0.335 e. The van der Waals surface area contributed by atoms with Gasteiger partial charge in [-0.25, -0.2) is 9.59 Å². The molecule has 1 saturated heterocycles. The molecule has 1 N–H and O–H groups in total. The van der Waals surface area contributed by atoms with E-state index >= 15 is 0 Å². The minimum absolute atomic E-state index is 0.139. The van der Waals surface area contributed by atoms with E-state index in [0.29, 0.717) is 18.4 Å². The number of aliphatic hydroxyl groups excluding tert-OH is 1. The van der Waals surface area contributed by atoms with E-state index < -0.39 is 58.3 Å². The molecule has 3 aliphatic carbocycles. The molecule has 4 aliphatic rings. The lowest BCUT2D eigenvalue weighted by molar-refractivity contribution is -0.208. The van der Waals surface area contributed by atoms with Crippen molar-refractivity contribution in [3.8, 4) is 0 Å². The summed E-state index contributed by atoms with van der Waals surface area (Å²) < 4.78 is 22.2. The Bertz CT molecular complexity index is 1320. The SMILES string of the molecule is CC=C(C)C(=O)OC1C2C=C3C4CC(=O)OC(c5ccoc5)C4(C)CCC3C(C)(C2=O)C(C(O)C(=O)OC)C1(C)C. The number of rotatable bonds is 5. The highest BCUT2D eigenvalue weighted by Gasteiger charge is 2.70. The molecule has 9 heteroatoms. The number of carbonyl (C=O) groups excluding carboxylic acids is 4. The van der Waals surface area contributed by atoms with Crippen LogP contribution in [-0.4, -0.2) is 48.1 Å². The first kappa shape index (κ1) is 29.3. The van der Waals surface area contributed by atoms with Crippen LogP contribution in [0.1, 0.15) is 72.5 Å². The van der Waals surface area contributed by atoms with Gasteiger partial charge in [0.1, 0.15) is 18.0 Å². The molecule has 9 nitrogen and oxygen atoms in total. The van der Waals surface area contributed by atoms with Gasteiger partial charge < -0.3 is 23.7 Å². The summed E-state index contributed by atoms with van der Waals surface area (Å²) in [5.41, 5.74) is -0.563. The first-order valence-corrected chi connectivity index (χ1v) is 14.3. The predicted molar refractivity (Wildman–Crippen MR) is 146 cm³/mol. The number of allylic oxidation sites excluding steroid dienone is 2. The van der Waals surface area contributed by atoms with Crippen molar-refractivity contribution < 1.29 is 42.9 Å². The van der Waals surface area contributed by atoms with E-state index in [-0.39, 0.29) is 30.0 Å². The highest BCUT2D eigenvalue weighted by molar-refractivity contribution is 5.95. The van der Waals surface area contributed by atoms with Crippen molar-refractivity contribution in [3.05, 3.63) is 47.5 Å². The van der Waals surface area contributed by atoms with Crippen LogP contribution in [0.5, 0.6) is 0 Å². The number of aliphatic hydroxyl groups is 1. The summed E-state index contributed by atoms with van der Waals surface area (Å²) >= 11 is 0. The van der Waals surface area contributed by atoms with Gasteiger partial charge >= 0.3 is 17.9 Å². The Morgan fingerprint density at radius 1 is 1.17 bits per heavy atom. The van der Waals surface area contributed by atoms with Crippen LogP contribution >= 0.6 is 0 Å². The number of ether oxygens (including phenoxy) is 3. The van der Waals surface area contributed by atoms with E-state index in [1.165, 1.54) is 7.11 Å². The Hall–Kier alpha value is -3.20. The summed E-state index contributed by atoms with van der Waals surface area (Å²) in [6.07, 6.45) is 4.96. The second-order valence-corrected chi connectivity index (χ2v) is 13.2. The lowest BCUT2D eigenvalue weighted by atomic mass is 9.40. The van der Waals surface area contributed by atoms with Gasteiger partial charge in [-0.05, 0) is 44.6 Å². The van der Waals surface area contributed by atoms with E-state index in [2.05, 4.69) is 6.92 Å². The third-order valence-corrected chi connectivity index (χ3v) is 10.8. The van der Waals surface area contributed by atoms with Crippen molar-refractivity contribution in [1.82, 2.24) is 0 Å². The minimum Gasteiger partial charge on any atom is -0.472 e. The third kappa shape index (κ3) is 4.14. The van der Waals surface area contributed by atoms with Gasteiger partial charge in [0.25, 0.3) is 0 Å². The van der Waals surface area contributed by atoms with Crippen molar-refractivity contribution in [1.29, 1.82) is 0 Å². The standard InChI is InChI=1S/C32H40O9/c1-8-16(2)28(36)41-27-19-13-18-20(32(6,25(19)35)24(30(27,3)4)23(34)29(37)38-7)9-11-31(5)21(18)14-22(33)40-26(31)17-10-12-39-15-17/h8,10,12-13,15,19-21,23-24,26-27,34H,9,11,14H2,1-7H3. The zero-order chi connectivity index (χ0) is 30.1. The summed E-state index contributed by atoms with van der Waals surface area (Å²) in [7, 11) is 1.20. The number of hydrogen-bond acceptors (Lipinski definition) is 9. The van der Waals surface area contributed by atoms with Gasteiger partial charge in [-0.1, -0.05) is 45.4 Å². The second-order valence-electron chi connectivity index (χ2n) is 13.2. The lowest BCUT2D eigenvalue weighted by Crippen LogP contribution is -2.69. The van der Waals surface area contributed by atoms with Gasteiger partial charge in [0.05, 0.1) is 32.0 Å². The lowest BCUT2D eigenvalue weighted by Gasteiger charge is -2.64. The van der Waals surface area contributed by atoms with E-state index in [0.717, 1.165) is 11.1 Å². The Morgan fingerprint density at radius 3 is 2.49 bits per heavy atom. The molecule has 0 aromatic carbocycles. The summed E-state index contributed by atoms with van der Waals surface area (Å²) in [6, 6.07) is 1.80. The Kier molecular flexibility index (Phi) is 7.12. The fraction of sp³-hybridized carbons (Fsp3) is 0.625. The van der Waals surface area contributed by atoms with Gasteiger partial charge in [0, 0.05) is 33.3 Å². The fourth-order valence-corrected chi connectivity index (χ4v) is 8.68. The first-order chi connectivity index (χ1) is 19.2. The molecule has 1 aromatic rings. The quantitative estimate of drug-likeness (QED) is 0.236. The summed E-state index contributed by atoms with van der Waals surface area (Å²) in [5, 5.41) is 11.5. The largest absolute Gasteiger partial charge is 0.472 e. The number of Topliss-reactive ketones (excluding diaryl/α,β-unsaturated/α-hetero) is 1. The number of hydrogen-bond donors (Lipinski definition) is 1. The van der Waals surface area contributed by atoms with Gasteiger partial charge in [0.15, 0.2) is 6.10 Å². The molecule has 5 rings (SSSR count). The van der Waals surface area contributed by atoms with Crippen LogP contribution in [0.25, 0.3) is 0 Å².